The summed E-state index contributed by atoms with van der Waals surface area (Å²) < 4.78 is 5.37. The first-order valence-corrected chi connectivity index (χ1v) is 5.67. The lowest BCUT2D eigenvalue weighted by Gasteiger charge is -2.33. The van der Waals surface area contributed by atoms with Gasteiger partial charge in [-0.15, -0.1) is 0 Å². The van der Waals surface area contributed by atoms with Crippen LogP contribution in [0.1, 0.15) is 13.8 Å². The van der Waals surface area contributed by atoms with E-state index in [1.165, 1.54) is 6.21 Å². The molecule has 5 nitrogen and oxygen atoms in total. The Hall–Kier alpha value is -1.07. The molecule has 1 saturated heterocycles. The number of nitrogens with one attached hydrogen (secondary N) is 2. The molecule has 0 aromatic heterocycles. The molecule has 1 aliphatic rings. The second kappa shape index (κ2) is 6.50. The minimum Gasteiger partial charge on any atom is -0.396 e. The van der Waals surface area contributed by atoms with Crippen LogP contribution in [-0.2, 0) is 4.74 Å². The zero-order valence-corrected chi connectivity index (χ0v) is 10.1. The van der Waals surface area contributed by atoms with Crippen LogP contribution >= 0.6 is 0 Å². The van der Waals surface area contributed by atoms with Gasteiger partial charge in [-0.3, -0.25) is 4.90 Å². The first-order valence-electron chi connectivity index (χ1n) is 5.67. The monoisotopic (exact) mass is 226 g/mol. The van der Waals surface area contributed by atoms with Gasteiger partial charge in [0.15, 0.2) is 0 Å². The molecule has 1 unspecified atom stereocenters. The van der Waals surface area contributed by atoms with Crippen LogP contribution in [0.5, 0.6) is 0 Å². The van der Waals surface area contributed by atoms with Crippen molar-refractivity contribution in [1.82, 2.24) is 10.2 Å². The maximum Gasteiger partial charge on any atom is 0.0682 e. The van der Waals surface area contributed by atoms with Gasteiger partial charge in [-0.1, -0.05) is 0 Å². The Morgan fingerprint density at radius 2 is 2.44 bits per heavy atom. The van der Waals surface area contributed by atoms with Crippen LogP contribution in [0.4, 0.5) is 0 Å². The van der Waals surface area contributed by atoms with Crippen molar-refractivity contribution in [3.05, 3.63) is 11.4 Å². The number of rotatable bonds is 5. The van der Waals surface area contributed by atoms with Crippen molar-refractivity contribution in [3.8, 4) is 0 Å². The first-order chi connectivity index (χ1) is 7.65. The van der Waals surface area contributed by atoms with E-state index >= 15 is 0 Å². The Balaban J connectivity index is 2.27. The molecule has 5 heteroatoms. The number of nitrogens with two attached hydrogens (primary N) is 1. The molecule has 0 aliphatic carbocycles. The van der Waals surface area contributed by atoms with Crippen LogP contribution in [-0.4, -0.2) is 50.0 Å². The van der Waals surface area contributed by atoms with Crippen LogP contribution in [0.3, 0.4) is 0 Å². The second-order valence-corrected chi connectivity index (χ2v) is 4.11. The summed E-state index contributed by atoms with van der Waals surface area (Å²) in [5.41, 5.74) is 6.97. The van der Waals surface area contributed by atoms with Crippen molar-refractivity contribution in [2.24, 2.45) is 5.73 Å². The smallest absolute Gasteiger partial charge is 0.0682 e. The van der Waals surface area contributed by atoms with Gasteiger partial charge in [-0.05, 0) is 13.8 Å². The zero-order chi connectivity index (χ0) is 12.0. The maximum absolute atomic E-state index is 7.03. The van der Waals surface area contributed by atoms with Crippen molar-refractivity contribution >= 4 is 6.21 Å². The van der Waals surface area contributed by atoms with Gasteiger partial charge in [-0.25, -0.2) is 0 Å². The summed E-state index contributed by atoms with van der Waals surface area (Å²) in [6.07, 6.45) is 1.17. The highest BCUT2D eigenvalue weighted by molar-refractivity contribution is 5.75. The number of ether oxygens (including phenoxy) is 1. The van der Waals surface area contributed by atoms with E-state index in [9.17, 15) is 0 Å². The third-order valence-electron chi connectivity index (χ3n) is 2.88. The Labute approximate surface area is 97.1 Å². The number of hydrogen-bond acceptors (Lipinski definition) is 5. The van der Waals surface area contributed by atoms with Crippen LogP contribution in [0.25, 0.3) is 0 Å². The molecule has 1 atom stereocenters. The van der Waals surface area contributed by atoms with E-state index in [4.69, 9.17) is 15.9 Å². The number of morpholine rings is 1. The lowest BCUT2D eigenvalue weighted by atomic mass is 10.2. The van der Waals surface area contributed by atoms with Crippen molar-refractivity contribution in [1.29, 1.82) is 5.41 Å². The van der Waals surface area contributed by atoms with Crippen LogP contribution < -0.4 is 11.1 Å². The van der Waals surface area contributed by atoms with Gasteiger partial charge in [-0.2, -0.15) is 0 Å². The predicted octanol–water partition coefficient (Wildman–Crippen LogP) is 0.136. The lowest BCUT2D eigenvalue weighted by molar-refractivity contribution is 0.000683. The number of allylic oxidation sites excluding steroid dienone is 2. The van der Waals surface area contributed by atoms with Gasteiger partial charge < -0.3 is 21.2 Å². The topological polar surface area (TPSA) is 74.4 Å². The van der Waals surface area contributed by atoms with Gasteiger partial charge in [0, 0.05) is 37.6 Å². The minimum absolute atomic E-state index is 0.486. The highest BCUT2D eigenvalue weighted by atomic mass is 16.5. The third kappa shape index (κ3) is 3.83. The summed E-state index contributed by atoms with van der Waals surface area (Å²) in [6, 6.07) is 0.486. The molecule has 1 aliphatic heterocycles. The van der Waals surface area contributed by atoms with E-state index in [2.05, 4.69) is 17.1 Å². The second-order valence-electron chi connectivity index (χ2n) is 4.11. The fourth-order valence-electron chi connectivity index (χ4n) is 1.69. The average molecular weight is 226 g/mol. The molecule has 0 spiro atoms. The summed E-state index contributed by atoms with van der Waals surface area (Å²) in [4.78, 5) is 2.39. The van der Waals surface area contributed by atoms with E-state index in [0.717, 1.165) is 38.5 Å². The zero-order valence-electron chi connectivity index (χ0n) is 10.1. The first kappa shape index (κ1) is 13.0. The van der Waals surface area contributed by atoms with Crippen molar-refractivity contribution in [2.75, 3.05) is 32.8 Å². The predicted molar refractivity (Wildman–Crippen MR) is 65.5 cm³/mol. The molecule has 16 heavy (non-hydrogen) atoms. The van der Waals surface area contributed by atoms with E-state index in [1.54, 1.807) is 0 Å². The summed E-state index contributed by atoms with van der Waals surface area (Å²) in [5.74, 6) is 0. The molecule has 0 radical (unpaired) electrons. The molecule has 1 fully saturated rings. The molecule has 0 bridgehead atoms. The molecule has 0 aromatic carbocycles. The Morgan fingerprint density at radius 3 is 3.06 bits per heavy atom. The van der Waals surface area contributed by atoms with Crippen LogP contribution in [0, 0.1) is 5.41 Å². The van der Waals surface area contributed by atoms with Gasteiger partial charge in [0.2, 0.25) is 0 Å². The molecular weight excluding hydrogens is 204 g/mol. The van der Waals surface area contributed by atoms with Gasteiger partial charge in [0.25, 0.3) is 0 Å². The highest BCUT2D eigenvalue weighted by Gasteiger charge is 2.17. The normalized spacial score (nSPS) is 23.8. The fraction of sp³-hybridized carbons (Fsp3) is 0.727. The van der Waals surface area contributed by atoms with Crippen LogP contribution in [0.2, 0.25) is 0 Å². The van der Waals surface area contributed by atoms with Crippen LogP contribution in [0.15, 0.2) is 11.4 Å². The molecule has 1 heterocycles. The Morgan fingerprint density at radius 1 is 1.69 bits per heavy atom. The molecule has 0 aromatic rings. The van der Waals surface area contributed by atoms with Crippen molar-refractivity contribution < 1.29 is 4.74 Å². The Bertz CT molecular complexity index is 265. The summed E-state index contributed by atoms with van der Waals surface area (Å²) in [5, 5.41) is 10.2. The highest BCUT2D eigenvalue weighted by Crippen LogP contribution is 2.04. The molecule has 4 N–H and O–H groups in total. The standard InChI is InChI=1S/C11H22N4O/c1-9-8-16-6-5-15(9)4-3-14-10(2)11(13)7-12/h7,9,12,14H,3-6,8,13H2,1-2H3/b11-10+,12-7?. The van der Waals surface area contributed by atoms with Gasteiger partial charge in [0.05, 0.1) is 18.9 Å². The SMILES string of the molecule is C/C(NCCN1CCOCC1C)=C(\N)C=N. The molecule has 0 amide bonds. The summed E-state index contributed by atoms with van der Waals surface area (Å²) in [6.45, 7) is 8.53. The molecular formula is C11H22N4O. The van der Waals surface area contributed by atoms with Crippen molar-refractivity contribution in [3.63, 3.8) is 0 Å². The lowest BCUT2D eigenvalue weighted by Crippen LogP contribution is -2.46. The Kier molecular flexibility index (Phi) is 5.28. The number of hydrogen-bond donors (Lipinski definition) is 3. The fourth-order valence-corrected chi connectivity index (χ4v) is 1.69. The summed E-state index contributed by atoms with van der Waals surface area (Å²) in [7, 11) is 0. The van der Waals surface area contributed by atoms with Gasteiger partial charge >= 0.3 is 0 Å². The molecule has 1 rings (SSSR count). The maximum atomic E-state index is 7.03. The van der Waals surface area contributed by atoms with E-state index in [1.807, 2.05) is 6.92 Å². The summed E-state index contributed by atoms with van der Waals surface area (Å²) >= 11 is 0. The quantitative estimate of drug-likeness (QED) is 0.583. The largest absolute Gasteiger partial charge is 0.396 e. The molecule has 0 saturated carbocycles. The van der Waals surface area contributed by atoms with Crippen molar-refractivity contribution in [2.45, 2.75) is 19.9 Å². The molecule has 92 valence electrons. The minimum atomic E-state index is 0.486. The average Bonchev–Trinajstić information content (AvgIpc) is 2.30. The number of nitrogens with zero attached hydrogens (tertiary/aromatic N) is 1. The third-order valence-corrected chi connectivity index (χ3v) is 2.88. The van der Waals surface area contributed by atoms with E-state index in [0.29, 0.717) is 11.7 Å². The van der Waals surface area contributed by atoms with E-state index in [-0.39, 0.29) is 0 Å². The van der Waals surface area contributed by atoms with E-state index < -0.39 is 0 Å². The van der Waals surface area contributed by atoms with Gasteiger partial charge in [0.1, 0.15) is 0 Å².